The van der Waals surface area contributed by atoms with Crippen LogP contribution in [0.4, 0.5) is 11.4 Å². The second kappa shape index (κ2) is 5.57. The topological polar surface area (TPSA) is 63.5 Å². The van der Waals surface area contributed by atoms with Crippen LogP contribution >= 0.6 is 11.6 Å². The molecule has 0 bridgehead atoms. The summed E-state index contributed by atoms with van der Waals surface area (Å²) >= 11 is 5.95. The van der Waals surface area contributed by atoms with Crippen LogP contribution < -0.4 is 4.90 Å². The molecule has 1 atom stereocenters. The zero-order valence-electron chi connectivity index (χ0n) is 10.6. The maximum Gasteiger partial charge on any atom is 0.288 e. The number of aldehydes is 1. The van der Waals surface area contributed by atoms with E-state index in [1.54, 1.807) is 13.0 Å². The summed E-state index contributed by atoms with van der Waals surface area (Å²) in [6.45, 7) is 2.58. The highest BCUT2D eigenvalue weighted by Gasteiger charge is 2.25. The van der Waals surface area contributed by atoms with Crippen LogP contribution in [0.25, 0.3) is 0 Å². The zero-order valence-corrected chi connectivity index (χ0v) is 11.4. The molecule has 0 aromatic heterocycles. The molecule has 1 unspecified atom stereocenters. The van der Waals surface area contributed by atoms with Crippen LogP contribution in [0.3, 0.4) is 0 Å². The lowest BCUT2D eigenvalue weighted by Gasteiger charge is -2.35. The highest BCUT2D eigenvalue weighted by atomic mass is 35.5. The Morgan fingerprint density at radius 3 is 2.84 bits per heavy atom. The second-order valence-electron chi connectivity index (χ2n) is 4.74. The van der Waals surface area contributed by atoms with Crippen LogP contribution in [0, 0.1) is 17.0 Å². The van der Waals surface area contributed by atoms with E-state index in [-0.39, 0.29) is 16.8 Å². The lowest BCUT2D eigenvalue weighted by Crippen LogP contribution is -2.41. The van der Waals surface area contributed by atoms with Gasteiger partial charge < -0.3 is 9.69 Å². The number of halogens is 1. The van der Waals surface area contributed by atoms with Gasteiger partial charge >= 0.3 is 0 Å². The van der Waals surface area contributed by atoms with E-state index in [1.165, 1.54) is 6.07 Å². The number of nitro benzene ring substituents is 1. The Kier molecular flexibility index (Phi) is 4.04. The fraction of sp³-hybridized carbons (Fsp3) is 0.462. The van der Waals surface area contributed by atoms with Gasteiger partial charge in [0.05, 0.1) is 11.0 Å². The van der Waals surface area contributed by atoms with Gasteiger partial charge in [0.2, 0.25) is 0 Å². The van der Waals surface area contributed by atoms with Gasteiger partial charge in [-0.25, -0.2) is 0 Å². The first-order valence-corrected chi connectivity index (χ1v) is 6.59. The number of carbonyl (C=O) groups is 1. The second-order valence-corrected chi connectivity index (χ2v) is 5.15. The van der Waals surface area contributed by atoms with Crippen LogP contribution in [-0.2, 0) is 4.79 Å². The van der Waals surface area contributed by atoms with Crippen LogP contribution in [0.2, 0.25) is 5.02 Å². The smallest absolute Gasteiger partial charge is 0.288 e. The molecule has 1 aromatic carbocycles. The summed E-state index contributed by atoms with van der Waals surface area (Å²) in [5.41, 5.74) is 1.49. The molecule has 1 aliphatic heterocycles. The van der Waals surface area contributed by atoms with Gasteiger partial charge in [-0.05, 0) is 37.8 Å². The van der Waals surface area contributed by atoms with Gasteiger partial charge in [-0.15, -0.1) is 0 Å². The third-order valence-corrected chi connectivity index (χ3v) is 3.78. The highest BCUT2D eigenvalue weighted by Crippen LogP contribution is 2.34. The van der Waals surface area contributed by atoms with E-state index < -0.39 is 4.92 Å². The monoisotopic (exact) mass is 282 g/mol. The summed E-state index contributed by atoms with van der Waals surface area (Å²) in [5, 5.41) is 10.9. The van der Waals surface area contributed by atoms with Crippen LogP contribution in [0.5, 0.6) is 0 Å². The van der Waals surface area contributed by atoms with Gasteiger partial charge in [0.1, 0.15) is 11.3 Å². The number of hydrogen-bond acceptors (Lipinski definition) is 4. The maximum absolute atomic E-state index is 11.1. The van der Waals surface area contributed by atoms with E-state index >= 15 is 0 Å². The first-order chi connectivity index (χ1) is 9.04. The van der Waals surface area contributed by atoms with Crippen molar-refractivity contribution >= 4 is 29.3 Å². The summed E-state index contributed by atoms with van der Waals surface area (Å²) in [6.07, 6.45) is 3.80. The first-order valence-electron chi connectivity index (χ1n) is 6.21. The third-order valence-electron chi connectivity index (χ3n) is 3.48. The van der Waals surface area contributed by atoms with Crippen molar-refractivity contribution < 1.29 is 9.72 Å². The summed E-state index contributed by atoms with van der Waals surface area (Å²) in [4.78, 5) is 23.5. The molecule has 1 saturated heterocycles. The van der Waals surface area contributed by atoms with Gasteiger partial charge in [0.25, 0.3) is 5.69 Å². The molecule has 0 spiro atoms. The number of piperidine rings is 1. The average Bonchev–Trinajstić information content (AvgIpc) is 2.40. The number of nitrogens with zero attached hydrogens (tertiary/aromatic N) is 2. The molecule has 19 heavy (non-hydrogen) atoms. The first kappa shape index (κ1) is 13.8. The fourth-order valence-electron chi connectivity index (χ4n) is 2.50. The largest absolute Gasteiger partial charge is 0.362 e. The highest BCUT2D eigenvalue weighted by molar-refractivity contribution is 6.33. The molecule has 0 N–H and O–H groups in total. The molecule has 1 aliphatic rings. The van der Waals surface area contributed by atoms with E-state index in [4.69, 9.17) is 11.6 Å². The van der Waals surface area contributed by atoms with Gasteiger partial charge in [0, 0.05) is 18.3 Å². The van der Waals surface area contributed by atoms with Gasteiger partial charge in [0.15, 0.2) is 0 Å². The van der Waals surface area contributed by atoms with Crippen molar-refractivity contribution in [3.8, 4) is 0 Å². The summed E-state index contributed by atoms with van der Waals surface area (Å²) in [6, 6.07) is 2.90. The van der Waals surface area contributed by atoms with E-state index in [2.05, 4.69) is 0 Å². The van der Waals surface area contributed by atoms with Gasteiger partial charge in [-0.2, -0.15) is 0 Å². The van der Waals surface area contributed by atoms with Crippen LogP contribution in [0.15, 0.2) is 12.1 Å². The Balaban J connectivity index is 2.41. The molecule has 0 amide bonds. The van der Waals surface area contributed by atoms with Crippen molar-refractivity contribution in [2.75, 3.05) is 11.4 Å². The minimum absolute atomic E-state index is 0.0948. The zero-order chi connectivity index (χ0) is 14.0. The van der Waals surface area contributed by atoms with Crippen molar-refractivity contribution in [1.29, 1.82) is 0 Å². The number of aryl methyl sites for hydroxylation is 1. The quantitative estimate of drug-likeness (QED) is 0.485. The average molecular weight is 283 g/mol. The number of nitro groups is 1. The van der Waals surface area contributed by atoms with E-state index in [1.807, 2.05) is 4.90 Å². The Hall–Kier alpha value is -1.62. The standard InChI is InChI=1S/C13H15ClN2O3/c1-9-6-13(16(18)19)11(14)7-12(9)15-5-3-2-4-10(15)8-17/h6-8,10H,2-5H2,1H3. The lowest BCUT2D eigenvalue weighted by atomic mass is 10.0. The van der Waals surface area contributed by atoms with E-state index in [0.717, 1.165) is 43.3 Å². The minimum atomic E-state index is -0.494. The summed E-state index contributed by atoms with van der Waals surface area (Å²) in [5.74, 6) is 0. The minimum Gasteiger partial charge on any atom is -0.362 e. The van der Waals surface area contributed by atoms with Crippen molar-refractivity contribution in [3.63, 3.8) is 0 Å². The molecular formula is C13H15ClN2O3. The SMILES string of the molecule is Cc1cc([N+](=O)[O-])c(Cl)cc1N1CCCCC1C=O. The maximum atomic E-state index is 11.1. The molecule has 1 fully saturated rings. The molecule has 0 saturated carbocycles. The third kappa shape index (κ3) is 2.71. The molecule has 5 nitrogen and oxygen atoms in total. The molecule has 0 radical (unpaired) electrons. The van der Waals surface area contributed by atoms with Crippen molar-refractivity contribution in [3.05, 3.63) is 32.8 Å². The number of rotatable bonds is 3. The molecule has 102 valence electrons. The van der Waals surface area contributed by atoms with Crippen LogP contribution in [0.1, 0.15) is 24.8 Å². The predicted octanol–water partition coefficient (Wildman–Crippen LogP) is 3.11. The molecule has 0 aliphatic carbocycles. The van der Waals surface area contributed by atoms with E-state index in [9.17, 15) is 14.9 Å². The van der Waals surface area contributed by atoms with Crippen molar-refractivity contribution in [1.82, 2.24) is 0 Å². The van der Waals surface area contributed by atoms with E-state index in [0.29, 0.717) is 0 Å². The van der Waals surface area contributed by atoms with Gasteiger partial charge in [-0.3, -0.25) is 10.1 Å². The van der Waals surface area contributed by atoms with Gasteiger partial charge in [-0.1, -0.05) is 11.6 Å². The molecule has 2 rings (SSSR count). The molecule has 6 heteroatoms. The Labute approximate surface area is 116 Å². The fourth-order valence-corrected chi connectivity index (χ4v) is 2.73. The predicted molar refractivity (Wildman–Crippen MR) is 73.9 cm³/mol. The molecule has 1 heterocycles. The Morgan fingerprint density at radius 1 is 1.47 bits per heavy atom. The molecular weight excluding hydrogens is 268 g/mol. The molecule has 1 aromatic rings. The van der Waals surface area contributed by atoms with Crippen molar-refractivity contribution in [2.24, 2.45) is 0 Å². The summed E-state index contributed by atoms with van der Waals surface area (Å²) in [7, 11) is 0. The number of hydrogen-bond donors (Lipinski definition) is 0. The lowest BCUT2D eigenvalue weighted by molar-refractivity contribution is -0.384. The normalized spacial score (nSPS) is 19.3. The summed E-state index contributed by atoms with van der Waals surface area (Å²) < 4.78 is 0. The Morgan fingerprint density at radius 2 is 2.21 bits per heavy atom. The number of benzene rings is 1. The number of anilines is 1. The van der Waals surface area contributed by atoms with Crippen molar-refractivity contribution in [2.45, 2.75) is 32.2 Å². The van der Waals surface area contributed by atoms with Crippen LogP contribution in [-0.4, -0.2) is 23.8 Å². The Bertz CT molecular complexity index is 519. The number of carbonyl (C=O) groups excluding carboxylic acids is 1.